The lowest BCUT2D eigenvalue weighted by Gasteiger charge is -2.32. The molecule has 2 amide bonds. The van der Waals surface area contributed by atoms with Gasteiger partial charge in [0.05, 0.1) is 19.1 Å². The number of likely N-dealkylation sites (N-methyl/N-ethyl adjacent to an activating group) is 1. The van der Waals surface area contributed by atoms with Gasteiger partial charge >= 0.3 is 0 Å². The molecule has 0 heterocycles. The number of halogens is 1. The Balaban J connectivity index is 2.39. The molecule has 0 saturated carbocycles. The van der Waals surface area contributed by atoms with Gasteiger partial charge in [-0.05, 0) is 48.4 Å². The predicted molar refractivity (Wildman–Crippen MR) is 120 cm³/mol. The zero-order valence-electron chi connectivity index (χ0n) is 18.5. The van der Waals surface area contributed by atoms with Gasteiger partial charge in [0.25, 0.3) is 0 Å². The fourth-order valence-electron chi connectivity index (χ4n) is 3.23. The number of rotatable bonds is 10. The second-order valence-corrected chi connectivity index (χ2v) is 9.06. The highest BCUT2D eigenvalue weighted by Gasteiger charge is 2.31. The molecule has 0 aliphatic heterocycles. The van der Waals surface area contributed by atoms with Crippen molar-refractivity contribution in [2.45, 2.75) is 25.9 Å². The maximum atomic E-state index is 13.3. The maximum Gasteiger partial charge on any atom is 0.244 e. The van der Waals surface area contributed by atoms with Crippen LogP contribution in [0.15, 0.2) is 48.5 Å². The molecule has 0 aliphatic carbocycles. The van der Waals surface area contributed by atoms with E-state index in [0.717, 1.165) is 10.6 Å². The first-order valence-electron chi connectivity index (χ1n) is 9.98. The lowest BCUT2D eigenvalue weighted by atomic mass is 10.1. The summed E-state index contributed by atoms with van der Waals surface area (Å²) < 4.78 is 44.3. The normalized spacial score (nSPS) is 12.0. The molecule has 0 radical (unpaired) electrons. The molecular formula is C22H28FN3O5S. The van der Waals surface area contributed by atoms with Crippen LogP contribution in [0.3, 0.4) is 0 Å². The van der Waals surface area contributed by atoms with Crippen LogP contribution >= 0.6 is 0 Å². The van der Waals surface area contributed by atoms with Gasteiger partial charge in [-0.3, -0.25) is 13.9 Å². The van der Waals surface area contributed by atoms with E-state index in [1.165, 1.54) is 55.5 Å². The van der Waals surface area contributed by atoms with Crippen molar-refractivity contribution < 1.29 is 27.1 Å². The summed E-state index contributed by atoms with van der Waals surface area (Å²) in [6.07, 6.45) is 1.32. The molecular weight excluding hydrogens is 437 g/mol. The number of hydrogen-bond donors (Lipinski definition) is 1. The average Bonchev–Trinajstić information content (AvgIpc) is 2.77. The van der Waals surface area contributed by atoms with Gasteiger partial charge in [-0.2, -0.15) is 0 Å². The third-order valence-electron chi connectivity index (χ3n) is 4.94. The lowest BCUT2D eigenvalue weighted by molar-refractivity contribution is -0.140. The lowest BCUT2D eigenvalue weighted by Crippen LogP contribution is -2.51. The molecule has 8 nitrogen and oxygen atoms in total. The summed E-state index contributed by atoms with van der Waals surface area (Å²) in [7, 11) is -0.854. The zero-order chi connectivity index (χ0) is 23.9. The summed E-state index contributed by atoms with van der Waals surface area (Å²) in [4.78, 5) is 27.1. The van der Waals surface area contributed by atoms with E-state index < -0.39 is 34.3 Å². The summed E-state index contributed by atoms with van der Waals surface area (Å²) in [5, 5.41) is 2.54. The SMILES string of the molecule is CCC(C(=O)NC)N(Cc1ccc(F)cc1)C(=O)CN(c1ccc(OC)cc1)S(C)(=O)=O. The number of nitrogens with one attached hydrogen (secondary N) is 1. The Labute approximate surface area is 188 Å². The van der Waals surface area contributed by atoms with Crippen LogP contribution in [0.4, 0.5) is 10.1 Å². The van der Waals surface area contributed by atoms with Gasteiger partial charge in [0.1, 0.15) is 24.2 Å². The van der Waals surface area contributed by atoms with Crippen molar-refractivity contribution in [2.75, 3.05) is 31.3 Å². The van der Waals surface area contributed by atoms with Crippen LogP contribution in [0.1, 0.15) is 18.9 Å². The number of ether oxygens (including phenoxy) is 1. The fourth-order valence-corrected chi connectivity index (χ4v) is 4.08. The second kappa shape index (κ2) is 10.9. The van der Waals surface area contributed by atoms with Crippen LogP contribution in [0, 0.1) is 5.82 Å². The molecule has 2 aromatic rings. The maximum absolute atomic E-state index is 13.3. The van der Waals surface area contributed by atoms with Gasteiger partial charge in [-0.25, -0.2) is 12.8 Å². The molecule has 1 unspecified atom stereocenters. The Kier molecular flexibility index (Phi) is 8.59. The molecule has 32 heavy (non-hydrogen) atoms. The van der Waals surface area contributed by atoms with Gasteiger partial charge in [0, 0.05) is 13.6 Å². The van der Waals surface area contributed by atoms with Crippen LogP contribution in [-0.4, -0.2) is 58.1 Å². The fraction of sp³-hybridized carbons (Fsp3) is 0.364. The third-order valence-corrected chi connectivity index (χ3v) is 6.08. The molecule has 0 saturated heterocycles. The number of benzene rings is 2. The average molecular weight is 466 g/mol. The molecule has 0 spiro atoms. The number of hydrogen-bond acceptors (Lipinski definition) is 5. The van der Waals surface area contributed by atoms with Crippen molar-refractivity contribution in [1.29, 1.82) is 0 Å². The first-order chi connectivity index (χ1) is 15.1. The molecule has 2 rings (SSSR count). The smallest absolute Gasteiger partial charge is 0.244 e. The van der Waals surface area contributed by atoms with Crippen molar-refractivity contribution in [3.05, 3.63) is 59.9 Å². The second-order valence-electron chi connectivity index (χ2n) is 7.15. The predicted octanol–water partition coefficient (Wildman–Crippen LogP) is 2.15. The van der Waals surface area contributed by atoms with Crippen LogP contribution in [0.5, 0.6) is 5.75 Å². The standard InChI is InChI=1S/C22H28FN3O5S/c1-5-20(22(28)24-2)25(14-16-6-8-17(23)9-7-16)21(27)15-26(32(4,29)30)18-10-12-19(31-3)13-11-18/h6-13,20H,5,14-15H2,1-4H3,(H,24,28). The van der Waals surface area contributed by atoms with E-state index in [-0.39, 0.29) is 18.1 Å². The Morgan fingerprint density at radius 1 is 1.09 bits per heavy atom. The monoisotopic (exact) mass is 465 g/mol. The zero-order valence-corrected chi connectivity index (χ0v) is 19.4. The number of amides is 2. The largest absolute Gasteiger partial charge is 0.497 e. The minimum Gasteiger partial charge on any atom is -0.497 e. The number of nitrogens with zero attached hydrogens (tertiary/aromatic N) is 2. The first kappa shape index (κ1) is 25.1. The van der Waals surface area contributed by atoms with Gasteiger partial charge in [-0.1, -0.05) is 19.1 Å². The summed E-state index contributed by atoms with van der Waals surface area (Å²) >= 11 is 0. The molecule has 10 heteroatoms. The number of carbonyl (C=O) groups excluding carboxylic acids is 2. The van der Waals surface area contributed by atoms with Crippen molar-refractivity contribution in [1.82, 2.24) is 10.2 Å². The van der Waals surface area contributed by atoms with E-state index in [1.54, 1.807) is 19.1 Å². The topological polar surface area (TPSA) is 96.0 Å². The van der Waals surface area contributed by atoms with Crippen LogP contribution < -0.4 is 14.4 Å². The number of methoxy groups -OCH3 is 1. The highest BCUT2D eigenvalue weighted by atomic mass is 32.2. The van der Waals surface area contributed by atoms with E-state index in [9.17, 15) is 22.4 Å². The molecule has 174 valence electrons. The summed E-state index contributed by atoms with van der Waals surface area (Å²) in [5.41, 5.74) is 0.897. The number of sulfonamides is 1. The Hall–Kier alpha value is -3.14. The molecule has 0 aliphatic rings. The molecule has 0 aromatic heterocycles. The minimum atomic E-state index is -3.81. The molecule has 1 N–H and O–H groups in total. The molecule has 0 fully saturated rings. The molecule has 1 atom stereocenters. The van der Waals surface area contributed by atoms with Gasteiger partial charge in [0.2, 0.25) is 21.8 Å². The van der Waals surface area contributed by atoms with Crippen LogP contribution in [0.2, 0.25) is 0 Å². The molecule has 2 aromatic carbocycles. The number of anilines is 1. The highest BCUT2D eigenvalue weighted by molar-refractivity contribution is 7.92. The molecule has 0 bridgehead atoms. The van der Waals surface area contributed by atoms with Gasteiger partial charge < -0.3 is 15.0 Å². The van der Waals surface area contributed by atoms with E-state index in [2.05, 4.69) is 5.32 Å². The van der Waals surface area contributed by atoms with Crippen LogP contribution in [0.25, 0.3) is 0 Å². The highest BCUT2D eigenvalue weighted by Crippen LogP contribution is 2.22. The van der Waals surface area contributed by atoms with Crippen molar-refractivity contribution in [3.8, 4) is 5.75 Å². The van der Waals surface area contributed by atoms with Gasteiger partial charge in [-0.15, -0.1) is 0 Å². The Morgan fingerprint density at radius 3 is 2.16 bits per heavy atom. The van der Waals surface area contributed by atoms with E-state index >= 15 is 0 Å². The van der Waals surface area contributed by atoms with E-state index in [0.29, 0.717) is 17.7 Å². The summed E-state index contributed by atoms with van der Waals surface area (Å²) in [5.74, 6) is -0.825. The number of carbonyl (C=O) groups is 2. The van der Waals surface area contributed by atoms with Gasteiger partial charge in [0.15, 0.2) is 0 Å². The van der Waals surface area contributed by atoms with Crippen molar-refractivity contribution in [3.63, 3.8) is 0 Å². The Bertz CT molecular complexity index is 1030. The minimum absolute atomic E-state index is 0.0191. The summed E-state index contributed by atoms with van der Waals surface area (Å²) in [6.45, 7) is 1.27. The van der Waals surface area contributed by atoms with Crippen molar-refractivity contribution >= 4 is 27.5 Å². The Morgan fingerprint density at radius 2 is 1.69 bits per heavy atom. The first-order valence-corrected chi connectivity index (χ1v) is 11.8. The van der Waals surface area contributed by atoms with E-state index in [1.807, 2.05) is 0 Å². The van der Waals surface area contributed by atoms with Crippen LogP contribution in [-0.2, 0) is 26.2 Å². The summed E-state index contributed by atoms with van der Waals surface area (Å²) in [6, 6.07) is 11.0. The quantitative estimate of drug-likeness (QED) is 0.580. The van der Waals surface area contributed by atoms with E-state index in [4.69, 9.17) is 4.74 Å². The third kappa shape index (κ3) is 6.43. The van der Waals surface area contributed by atoms with Crippen molar-refractivity contribution in [2.24, 2.45) is 0 Å².